The lowest BCUT2D eigenvalue weighted by molar-refractivity contribution is -0.304. The van der Waals surface area contributed by atoms with E-state index in [0.717, 1.165) is 12.8 Å². The highest BCUT2D eigenvalue weighted by atomic mass is 16.7. The number of aliphatic hydroxyl groups excluding tert-OH is 3. The number of amidine groups is 1. The Balaban J connectivity index is 1.28. The van der Waals surface area contributed by atoms with Crippen LogP contribution in [0.25, 0.3) is 0 Å². The van der Waals surface area contributed by atoms with Gasteiger partial charge in [0.1, 0.15) is 36.7 Å². The third-order valence-corrected chi connectivity index (χ3v) is 10.9. The van der Waals surface area contributed by atoms with Crippen molar-refractivity contribution in [3.8, 4) is 11.5 Å². The van der Waals surface area contributed by atoms with Gasteiger partial charge in [0.15, 0.2) is 34.6 Å². The van der Waals surface area contributed by atoms with Gasteiger partial charge in [0.25, 0.3) is 0 Å². The molecule has 3 aromatic rings. The second kappa shape index (κ2) is 12.2. The molecule has 1 spiro atoms. The number of nitrogens with two attached hydrogens (primary N) is 1. The van der Waals surface area contributed by atoms with E-state index < -0.39 is 65.4 Å². The van der Waals surface area contributed by atoms with Crippen LogP contribution in [0.5, 0.6) is 11.5 Å². The highest BCUT2D eigenvalue weighted by Gasteiger charge is 2.56. The highest BCUT2D eigenvalue weighted by Crippen LogP contribution is 2.50. The van der Waals surface area contributed by atoms with E-state index in [1.54, 1.807) is 47.4 Å². The monoisotopic (exact) mass is 719 g/mol. The molecular weight excluding hydrogens is 686 g/mol. The van der Waals surface area contributed by atoms with Crippen molar-refractivity contribution >= 4 is 40.7 Å². The van der Waals surface area contributed by atoms with E-state index in [2.05, 4.69) is 15.0 Å². The first-order valence-corrected chi connectivity index (χ1v) is 17.3. The van der Waals surface area contributed by atoms with E-state index in [-0.39, 0.29) is 57.7 Å². The number of carbonyl (C=O) groups is 3. The normalized spacial score (nSPS) is 29.0. The van der Waals surface area contributed by atoms with Crippen molar-refractivity contribution in [3.63, 3.8) is 0 Å². The summed E-state index contributed by atoms with van der Waals surface area (Å²) in [5.41, 5.74) is 5.90. The summed E-state index contributed by atoms with van der Waals surface area (Å²) in [6.07, 6.45) is -2.37. The Kier molecular flexibility index (Phi) is 7.60. The van der Waals surface area contributed by atoms with Crippen LogP contribution in [-0.2, 0) is 14.3 Å². The predicted octanol–water partition coefficient (Wildman–Crippen LogP) is 1.81. The largest absolute Gasteiger partial charge is 0.504 e. The lowest BCUT2D eigenvalue weighted by Gasteiger charge is -2.47. The number of anilines is 1. The van der Waals surface area contributed by atoms with Gasteiger partial charge >= 0.3 is 5.91 Å². The number of rotatable bonds is 2. The molecule has 15 heteroatoms. The number of amides is 1. The third-order valence-electron chi connectivity index (χ3n) is 10.9. The first-order chi connectivity index (χ1) is 25.6. The fraction of sp³-hybridized carbons (Fsp3) is 0.316. The lowest BCUT2D eigenvalue weighted by atomic mass is 9.79. The molecule has 6 aliphatic rings. The van der Waals surface area contributed by atoms with Crippen LogP contribution in [-0.4, -0.2) is 98.4 Å². The molecule has 1 saturated heterocycles. The number of aliphatic imine (C=N–C) groups is 3. The number of aliphatic hydroxyl groups is 3. The van der Waals surface area contributed by atoms with E-state index in [4.69, 9.17) is 19.9 Å². The maximum Gasteiger partial charge on any atom is 0.302 e. The van der Waals surface area contributed by atoms with E-state index >= 15 is 0 Å². The summed E-state index contributed by atoms with van der Waals surface area (Å²) in [6.45, 7) is -0.00209. The van der Waals surface area contributed by atoms with Crippen molar-refractivity contribution in [2.45, 2.75) is 67.9 Å². The number of ketones is 2. The Morgan fingerprint density at radius 3 is 2.34 bits per heavy atom. The van der Waals surface area contributed by atoms with Crippen molar-refractivity contribution in [2.24, 2.45) is 20.7 Å². The average Bonchev–Trinajstić information content (AvgIpc) is 3.81. The van der Waals surface area contributed by atoms with Gasteiger partial charge in [-0.15, -0.1) is 0 Å². The van der Waals surface area contributed by atoms with Crippen molar-refractivity contribution in [2.75, 3.05) is 11.6 Å². The van der Waals surface area contributed by atoms with Gasteiger partial charge in [-0.2, -0.15) is 9.98 Å². The topological polar surface area (TPSA) is 226 Å². The van der Waals surface area contributed by atoms with Gasteiger partial charge < -0.3 is 45.3 Å². The molecule has 9 rings (SSSR count). The first-order valence-electron chi connectivity index (χ1n) is 17.3. The maximum absolute atomic E-state index is 14.1. The standard InChI is InChI=1S/C38H33N5O10/c39-37-41-34-25(35(50)42-37)40-16-43(34)23-10-4-3-7-18(23)17-11-14-51-38(12-5-6-13-38)33-30(48)29(47)31(49)36(53-33)52-32-21(17)15-22-24(28(32)46)27(45)20-9-2-1-8-19(20)26(22)44/h1-4,7-11,14-15,17,29-31,33,36,46-49H,5-6,12-13,16H2,(H2,39,42,50)/b14-11-/t17-,29+,30+,31-,33+,36-/m0/s1. The number of benzene rings is 3. The van der Waals surface area contributed by atoms with Gasteiger partial charge in [-0.25, -0.2) is 0 Å². The number of nitrogens with zero attached hydrogens (tertiary/aromatic N) is 4. The fourth-order valence-electron chi connectivity index (χ4n) is 8.32. The minimum Gasteiger partial charge on any atom is -0.504 e. The molecule has 4 aliphatic heterocycles. The molecule has 2 fully saturated rings. The van der Waals surface area contributed by atoms with Gasteiger partial charge in [-0.3, -0.25) is 19.4 Å². The van der Waals surface area contributed by atoms with Crippen LogP contribution in [0.15, 0.2) is 81.9 Å². The quantitative estimate of drug-likeness (QED) is 0.200. The molecule has 1 amide bonds. The van der Waals surface area contributed by atoms with Gasteiger partial charge in [0.2, 0.25) is 12.2 Å². The summed E-state index contributed by atoms with van der Waals surface area (Å²) >= 11 is 0. The third kappa shape index (κ3) is 4.95. The van der Waals surface area contributed by atoms with Crippen LogP contribution >= 0.6 is 0 Å². The zero-order chi connectivity index (χ0) is 36.8. The summed E-state index contributed by atoms with van der Waals surface area (Å²) in [5, 5.41) is 45.7. The highest BCUT2D eigenvalue weighted by molar-refractivity contribution is 6.72. The number of guanidine groups is 1. The van der Waals surface area contributed by atoms with Crippen LogP contribution < -0.4 is 15.4 Å². The summed E-state index contributed by atoms with van der Waals surface area (Å²) in [5.74, 6) is -3.70. The molecule has 2 bridgehead atoms. The Bertz CT molecular complexity index is 2240. The second-order valence-corrected chi connectivity index (χ2v) is 13.8. The van der Waals surface area contributed by atoms with Crippen LogP contribution in [0, 0.1) is 0 Å². The molecule has 1 saturated carbocycles. The van der Waals surface area contributed by atoms with Crippen molar-refractivity contribution in [1.82, 2.24) is 0 Å². The molecule has 0 aromatic heterocycles. The number of hydrogen-bond acceptors (Lipinski definition) is 14. The lowest BCUT2D eigenvalue weighted by Crippen LogP contribution is -2.65. The molecule has 6 atom stereocenters. The molecule has 3 aromatic carbocycles. The number of phenolic OH excluding ortho intramolecular Hbond substituents is 1. The number of carbonyl (C=O) groups excluding carboxylic acids is 3. The fourth-order valence-corrected chi connectivity index (χ4v) is 8.32. The van der Waals surface area contributed by atoms with Crippen LogP contribution in [0.3, 0.4) is 0 Å². The van der Waals surface area contributed by atoms with Gasteiger partial charge in [0, 0.05) is 33.9 Å². The zero-order valence-electron chi connectivity index (χ0n) is 28.0. The van der Waals surface area contributed by atoms with Crippen molar-refractivity contribution < 1.29 is 49.0 Å². The molecule has 270 valence electrons. The van der Waals surface area contributed by atoms with Crippen LogP contribution in [0.4, 0.5) is 5.69 Å². The SMILES string of the molecule is NC1=NC(=O)C2=NCN(c3ccccc3[C@@H]3/C=C\OC4(CCCC4)[C@@H]4O[C@H](Oc5c3cc3c(c5O)C(=O)c5ccccc5C3=O)[C@@H](O)[C@H](O)[C@H]4O)C2=N1. The smallest absolute Gasteiger partial charge is 0.302 e. The van der Waals surface area contributed by atoms with Crippen LogP contribution in [0.2, 0.25) is 0 Å². The number of hydrogen-bond donors (Lipinski definition) is 5. The van der Waals surface area contributed by atoms with Gasteiger partial charge in [-0.1, -0.05) is 42.5 Å². The minimum absolute atomic E-state index is 0.00209. The number of ether oxygens (including phenoxy) is 3. The van der Waals surface area contributed by atoms with E-state index in [0.29, 0.717) is 24.1 Å². The van der Waals surface area contributed by atoms with Crippen molar-refractivity contribution in [1.29, 1.82) is 0 Å². The van der Waals surface area contributed by atoms with E-state index in [1.165, 1.54) is 24.5 Å². The average molecular weight is 720 g/mol. The molecule has 4 heterocycles. The number of fused-ring (bicyclic) bond motifs is 7. The predicted molar refractivity (Wildman–Crippen MR) is 187 cm³/mol. The second-order valence-electron chi connectivity index (χ2n) is 13.8. The number of para-hydroxylation sites is 1. The van der Waals surface area contributed by atoms with Gasteiger partial charge in [0.05, 0.1) is 11.8 Å². The zero-order valence-corrected chi connectivity index (χ0v) is 28.0. The summed E-state index contributed by atoms with van der Waals surface area (Å²) in [4.78, 5) is 54.8. The van der Waals surface area contributed by atoms with E-state index in [9.17, 15) is 34.8 Å². The molecule has 2 aliphatic carbocycles. The molecule has 6 N–H and O–H groups in total. The Morgan fingerprint density at radius 2 is 1.57 bits per heavy atom. The number of allylic oxidation sites excluding steroid dienone is 1. The minimum atomic E-state index is -1.80. The Labute approximate surface area is 301 Å². The maximum atomic E-state index is 14.1. The molecular formula is C38H33N5O10. The number of aromatic hydroxyl groups is 1. The summed E-state index contributed by atoms with van der Waals surface area (Å²) in [7, 11) is 0. The van der Waals surface area contributed by atoms with Crippen molar-refractivity contribution in [3.05, 3.63) is 100 Å². The molecule has 0 radical (unpaired) electrons. The summed E-state index contributed by atoms with van der Waals surface area (Å²) < 4.78 is 19.1. The molecule has 53 heavy (non-hydrogen) atoms. The molecule has 0 unspecified atom stereocenters. The van der Waals surface area contributed by atoms with E-state index in [1.807, 2.05) is 0 Å². The van der Waals surface area contributed by atoms with Crippen LogP contribution in [0.1, 0.15) is 74.6 Å². The molecule has 15 nitrogen and oxygen atoms in total. The summed E-state index contributed by atoms with van der Waals surface area (Å²) in [6, 6.07) is 14.9. The Morgan fingerprint density at radius 1 is 0.849 bits per heavy atom. The van der Waals surface area contributed by atoms with Gasteiger partial charge in [-0.05, 0) is 49.5 Å². The Hall–Kier alpha value is -5.74. The first kappa shape index (κ1) is 33.1. The number of phenols is 1.